The molecule has 3 aromatic rings. The molecule has 0 aromatic heterocycles. The maximum absolute atomic E-state index is 15.7. The summed E-state index contributed by atoms with van der Waals surface area (Å²) in [4.78, 5) is 25.0. The molecule has 10 heteroatoms. The minimum absolute atomic E-state index is 0.00303. The second-order valence-corrected chi connectivity index (χ2v) is 12.3. The highest BCUT2D eigenvalue weighted by molar-refractivity contribution is 6.31. The molecule has 1 saturated heterocycles. The van der Waals surface area contributed by atoms with Crippen molar-refractivity contribution in [2.75, 3.05) is 0 Å². The van der Waals surface area contributed by atoms with Crippen molar-refractivity contribution in [2.24, 2.45) is 5.41 Å². The number of halogens is 4. The lowest BCUT2D eigenvalue weighted by atomic mass is 9.62. The van der Waals surface area contributed by atoms with Crippen molar-refractivity contribution < 1.29 is 23.5 Å². The molecule has 214 valence electrons. The molecule has 1 heterocycles. The van der Waals surface area contributed by atoms with Crippen LogP contribution in [0.3, 0.4) is 0 Å². The Morgan fingerprint density at radius 2 is 1.78 bits per heavy atom. The number of nitrogens with zero attached hydrogens (tertiary/aromatic N) is 1. The molecule has 1 aliphatic heterocycles. The SMILES string of the molecule is CC(C)(C)CC1NC(C(=O)NCc2ccc(C(=O)O)cc2)C(c2cccc(Cl)c2F)C1(C#N)c1ccc(Cl)cc1F. The fourth-order valence-electron chi connectivity index (χ4n) is 5.62. The number of amides is 1. The fraction of sp³-hybridized carbons (Fsp3) is 0.323. The van der Waals surface area contributed by atoms with Gasteiger partial charge in [-0.2, -0.15) is 5.26 Å². The van der Waals surface area contributed by atoms with Gasteiger partial charge in [0, 0.05) is 29.1 Å². The highest BCUT2D eigenvalue weighted by Crippen LogP contribution is 2.52. The fourth-order valence-corrected chi connectivity index (χ4v) is 5.96. The summed E-state index contributed by atoms with van der Waals surface area (Å²) < 4.78 is 31.4. The molecule has 4 rings (SSSR count). The summed E-state index contributed by atoms with van der Waals surface area (Å²) >= 11 is 12.2. The summed E-state index contributed by atoms with van der Waals surface area (Å²) in [6.45, 7) is 5.91. The number of hydrogen-bond donors (Lipinski definition) is 3. The zero-order chi connectivity index (χ0) is 30.1. The van der Waals surface area contributed by atoms with Gasteiger partial charge in [0.25, 0.3) is 0 Å². The summed E-state index contributed by atoms with van der Waals surface area (Å²) in [6.07, 6.45) is 0.349. The van der Waals surface area contributed by atoms with E-state index in [-0.39, 0.29) is 38.7 Å². The average Bonchev–Trinajstić information content (AvgIpc) is 3.22. The van der Waals surface area contributed by atoms with E-state index in [2.05, 4.69) is 16.7 Å². The monoisotopic (exact) mass is 599 g/mol. The molecule has 6 nitrogen and oxygen atoms in total. The van der Waals surface area contributed by atoms with Gasteiger partial charge in [-0.25, -0.2) is 13.6 Å². The van der Waals surface area contributed by atoms with Crippen molar-refractivity contribution in [3.05, 3.63) is 105 Å². The maximum atomic E-state index is 15.7. The van der Waals surface area contributed by atoms with E-state index in [9.17, 15) is 14.9 Å². The summed E-state index contributed by atoms with van der Waals surface area (Å²) in [5.74, 6) is -4.33. The number of carboxylic acid groups (broad SMARTS) is 1. The normalized spacial score (nSPS) is 22.2. The highest BCUT2D eigenvalue weighted by atomic mass is 35.5. The Morgan fingerprint density at radius 3 is 2.37 bits per heavy atom. The molecule has 0 aliphatic carbocycles. The van der Waals surface area contributed by atoms with Crippen LogP contribution >= 0.6 is 23.2 Å². The number of carboxylic acids is 1. The van der Waals surface area contributed by atoms with Crippen molar-refractivity contribution in [1.29, 1.82) is 5.26 Å². The summed E-state index contributed by atoms with van der Waals surface area (Å²) in [5, 5.41) is 26.0. The van der Waals surface area contributed by atoms with E-state index in [1.165, 1.54) is 42.5 Å². The van der Waals surface area contributed by atoms with E-state index in [1.54, 1.807) is 12.1 Å². The largest absolute Gasteiger partial charge is 0.478 e. The molecule has 1 fully saturated rings. The first kappa shape index (κ1) is 30.4. The van der Waals surface area contributed by atoms with E-state index in [4.69, 9.17) is 28.3 Å². The van der Waals surface area contributed by atoms with Crippen LogP contribution in [0.5, 0.6) is 0 Å². The van der Waals surface area contributed by atoms with Gasteiger partial charge in [-0.1, -0.05) is 74.3 Å². The molecule has 0 spiro atoms. The molecular weight excluding hydrogens is 571 g/mol. The summed E-state index contributed by atoms with van der Waals surface area (Å²) in [5.41, 5.74) is -1.36. The number of carbonyl (C=O) groups excluding carboxylic acids is 1. The van der Waals surface area contributed by atoms with Crippen LogP contribution in [0.4, 0.5) is 8.78 Å². The third kappa shape index (κ3) is 6.08. The first-order valence-corrected chi connectivity index (χ1v) is 13.7. The van der Waals surface area contributed by atoms with Gasteiger partial charge < -0.3 is 15.7 Å². The van der Waals surface area contributed by atoms with Gasteiger partial charge in [0.1, 0.15) is 17.0 Å². The quantitative estimate of drug-likeness (QED) is 0.284. The van der Waals surface area contributed by atoms with Crippen LogP contribution < -0.4 is 10.6 Å². The Kier molecular flexibility index (Phi) is 8.74. The highest BCUT2D eigenvalue weighted by Gasteiger charge is 2.61. The van der Waals surface area contributed by atoms with Gasteiger partial charge >= 0.3 is 5.97 Å². The van der Waals surface area contributed by atoms with Crippen molar-refractivity contribution in [2.45, 2.75) is 57.2 Å². The van der Waals surface area contributed by atoms with Crippen molar-refractivity contribution in [3.63, 3.8) is 0 Å². The van der Waals surface area contributed by atoms with Gasteiger partial charge in [0.15, 0.2) is 0 Å². The van der Waals surface area contributed by atoms with E-state index in [0.717, 1.165) is 6.07 Å². The molecule has 0 saturated carbocycles. The minimum atomic E-state index is -1.72. The van der Waals surface area contributed by atoms with E-state index in [1.807, 2.05) is 20.8 Å². The molecule has 3 aromatic carbocycles. The lowest BCUT2D eigenvalue weighted by Gasteiger charge is -2.37. The first-order valence-electron chi connectivity index (χ1n) is 12.9. The maximum Gasteiger partial charge on any atom is 0.335 e. The zero-order valence-electron chi connectivity index (χ0n) is 22.6. The third-order valence-electron chi connectivity index (χ3n) is 7.40. The number of aromatic carboxylic acids is 1. The molecule has 1 aliphatic rings. The van der Waals surface area contributed by atoms with Gasteiger partial charge in [-0.05, 0) is 53.3 Å². The van der Waals surface area contributed by atoms with Crippen LogP contribution in [0.1, 0.15) is 60.2 Å². The lowest BCUT2D eigenvalue weighted by molar-refractivity contribution is -0.123. The van der Waals surface area contributed by atoms with E-state index < -0.39 is 46.9 Å². The van der Waals surface area contributed by atoms with Gasteiger partial charge in [-0.15, -0.1) is 0 Å². The van der Waals surface area contributed by atoms with E-state index in [0.29, 0.717) is 12.0 Å². The Bertz CT molecular complexity index is 1520. The minimum Gasteiger partial charge on any atom is -0.478 e. The Labute approximate surface area is 247 Å². The smallest absolute Gasteiger partial charge is 0.335 e. The lowest BCUT2D eigenvalue weighted by Crippen LogP contribution is -2.45. The molecule has 41 heavy (non-hydrogen) atoms. The number of benzene rings is 3. The molecule has 0 bridgehead atoms. The van der Waals surface area contributed by atoms with Gasteiger partial charge in [-0.3, -0.25) is 4.79 Å². The topological polar surface area (TPSA) is 102 Å². The predicted octanol–water partition coefficient (Wildman–Crippen LogP) is 6.61. The van der Waals surface area contributed by atoms with E-state index >= 15 is 8.78 Å². The van der Waals surface area contributed by atoms with Crippen LogP contribution in [0.2, 0.25) is 10.0 Å². The predicted molar refractivity (Wildman–Crippen MR) is 153 cm³/mol. The van der Waals surface area contributed by atoms with Crippen LogP contribution in [-0.4, -0.2) is 29.1 Å². The van der Waals surface area contributed by atoms with Gasteiger partial charge in [0.2, 0.25) is 5.91 Å². The number of nitrogens with one attached hydrogen (secondary N) is 2. The zero-order valence-corrected chi connectivity index (χ0v) is 24.2. The van der Waals surface area contributed by atoms with Crippen LogP contribution in [0.25, 0.3) is 0 Å². The second-order valence-electron chi connectivity index (χ2n) is 11.4. The van der Waals surface area contributed by atoms with Crippen LogP contribution in [0, 0.1) is 28.4 Å². The van der Waals surface area contributed by atoms with Gasteiger partial charge in [0.05, 0.1) is 22.7 Å². The molecular formula is C31H29Cl2F2N3O3. The van der Waals surface area contributed by atoms with Crippen LogP contribution in [0.15, 0.2) is 60.7 Å². The Morgan fingerprint density at radius 1 is 1.10 bits per heavy atom. The average molecular weight is 600 g/mol. The summed E-state index contributed by atoms with van der Waals surface area (Å²) in [6, 6.07) is 14.7. The summed E-state index contributed by atoms with van der Waals surface area (Å²) in [7, 11) is 0. The standard InChI is InChI=1S/C31H29Cl2F2N3O3/c1-30(2,3)14-24-31(16-36,21-12-11-19(32)13-23(21)34)25(20-5-4-6-22(33)26(20)35)27(38-24)28(39)37-15-17-7-9-18(10-8-17)29(40)41/h4-13,24-25,27,38H,14-15H2,1-3H3,(H,37,39)(H,40,41). The molecule has 1 amide bonds. The molecule has 3 N–H and O–H groups in total. The number of carbonyl (C=O) groups is 2. The first-order chi connectivity index (χ1) is 19.3. The third-order valence-corrected chi connectivity index (χ3v) is 7.93. The molecule has 4 atom stereocenters. The van der Waals surface area contributed by atoms with Crippen molar-refractivity contribution >= 4 is 35.1 Å². The van der Waals surface area contributed by atoms with Crippen LogP contribution in [-0.2, 0) is 16.8 Å². The van der Waals surface area contributed by atoms with Crippen molar-refractivity contribution in [1.82, 2.24) is 10.6 Å². The second kappa shape index (κ2) is 11.8. The Balaban J connectivity index is 1.85. The Hall–Kier alpha value is -3.51. The number of rotatable bonds is 7. The molecule has 0 radical (unpaired) electrons. The van der Waals surface area contributed by atoms with Crippen molar-refractivity contribution in [3.8, 4) is 6.07 Å². The number of nitriles is 1. The number of hydrogen-bond acceptors (Lipinski definition) is 4. The molecule has 4 unspecified atom stereocenters.